The number of fused-ring (bicyclic) bond motifs is 2. The number of amides is 2. The Balaban J connectivity index is 1.91. The molecule has 2 N–H and O–H groups in total. The van der Waals surface area contributed by atoms with Gasteiger partial charge in [-0.25, -0.2) is 9.59 Å². The summed E-state index contributed by atoms with van der Waals surface area (Å²) in [4.78, 5) is 50.0. The molecule has 3 rings (SSSR count). The largest absolute Gasteiger partial charge is 0.467 e. The van der Waals surface area contributed by atoms with Gasteiger partial charge in [0, 0.05) is 16.7 Å². The molecule has 144 valence electrons. The highest BCUT2D eigenvalue weighted by atomic mass is 16.5. The van der Waals surface area contributed by atoms with Gasteiger partial charge in [-0.3, -0.25) is 9.59 Å². The molecule has 0 radical (unpaired) electrons. The maximum absolute atomic E-state index is 12.9. The molecule has 7 nitrogen and oxygen atoms in total. The molecule has 2 aromatic carbocycles. The van der Waals surface area contributed by atoms with Gasteiger partial charge < -0.3 is 15.4 Å². The Hall–Kier alpha value is -3.48. The smallest absolute Gasteiger partial charge is 0.328 e. The minimum absolute atomic E-state index is 0.139. The molecule has 7 heteroatoms. The van der Waals surface area contributed by atoms with Crippen LogP contribution >= 0.6 is 0 Å². The summed E-state index contributed by atoms with van der Waals surface area (Å²) in [6.45, 7) is 3.54. The number of methoxy groups -OCH3 is 1. The molecule has 2 amide bonds. The van der Waals surface area contributed by atoms with Crippen LogP contribution in [0.2, 0.25) is 0 Å². The first-order chi connectivity index (χ1) is 13.3. The molecular weight excluding hydrogens is 360 g/mol. The van der Waals surface area contributed by atoms with Crippen molar-refractivity contribution in [1.29, 1.82) is 0 Å². The van der Waals surface area contributed by atoms with Gasteiger partial charge in [-0.05, 0) is 12.0 Å². The fraction of sp³-hybridized carbons (Fsp3) is 0.238. The topological polar surface area (TPSA) is 102 Å². The van der Waals surface area contributed by atoms with E-state index in [2.05, 4.69) is 10.6 Å². The van der Waals surface area contributed by atoms with Crippen LogP contribution in [0.4, 0.5) is 10.5 Å². The Morgan fingerprint density at radius 1 is 0.893 bits per heavy atom. The van der Waals surface area contributed by atoms with Crippen LogP contribution in [0.15, 0.2) is 42.5 Å². The first kappa shape index (κ1) is 19.3. The van der Waals surface area contributed by atoms with E-state index in [9.17, 15) is 19.2 Å². The van der Waals surface area contributed by atoms with Gasteiger partial charge in [-0.15, -0.1) is 0 Å². The Labute approximate surface area is 162 Å². The maximum atomic E-state index is 12.9. The van der Waals surface area contributed by atoms with E-state index < -0.39 is 18.0 Å². The summed E-state index contributed by atoms with van der Waals surface area (Å²) >= 11 is 0. The first-order valence-corrected chi connectivity index (χ1v) is 8.82. The summed E-state index contributed by atoms with van der Waals surface area (Å²) < 4.78 is 4.71. The predicted molar refractivity (Wildman–Crippen MR) is 103 cm³/mol. The molecular formula is C21H20N2O5. The lowest BCUT2D eigenvalue weighted by Crippen LogP contribution is -2.46. The van der Waals surface area contributed by atoms with Gasteiger partial charge in [0.05, 0.1) is 18.4 Å². The van der Waals surface area contributed by atoms with E-state index >= 15 is 0 Å². The Kier molecular flexibility index (Phi) is 5.26. The van der Waals surface area contributed by atoms with E-state index in [1.807, 2.05) is 0 Å². The summed E-state index contributed by atoms with van der Waals surface area (Å²) in [7, 11) is 1.24. The van der Waals surface area contributed by atoms with E-state index in [-0.39, 0.29) is 34.3 Å². The number of carbonyl (C=O) groups is 4. The standard InChI is InChI=1S/C21H20N2O5/c1-11(2)17(20(26)28-3)23-21(27)22-15-10-6-9-14-16(15)19(25)13-8-5-4-7-12(13)18(14)24/h4-11,17H,1-3H3,(H2,22,23,27). The van der Waals surface area contributed by atoms with Gasteiger partial charge in [-0.1, -0.05) is 50.2 Å². The van der Waals surface area contributed by atoms with Crippen LogP contribution in [0.1, 0.15) is 45.7 Å². The normalized spacial score (nSPS) is 13.4. The maximum Gasteiger partial charge on any atom is 0.328 e. The minimum Gasteiger partial charge on any atom is -0.467 e. The number of hydrogen-bond donors (Lipinski definition) is 2. The predicted octanol–water partition coefficient (Wildman–Crippen LogP) is 2.78. The summed E-state index contributed by atoms with van der Waals surface area (Å²) in [5, 5.41) is 5.13. The molecule has 2 aromatic rings. The third kappa shape index (κ3) is 3.38. The SMILES string of the molecule is COC(=O)C(NC(=O)Nc1cccc2c1C(=O)c1ccccc1C2=O)C(C)C. The minimum atomic E-state index is -0.845. The lowest BCUT2D eigenvalue weighted by molar-refractivity contribution is -0.143. The van der Waals surface area contributed by atoms with E-state index in [1.165, 1.54) is 7.11 Å². The average Bonchev–Trinajstić information content (AvgIpc) is 2.69. The molecule has 0 bridgehead atoms. The summed E-state index contributed by atoms with van der Waals surface area (Å²) in [5.74, 6) is -1.38. The number of benzene rings is 2. The van der Waals surface area contributed by atoms with Crippen molar-refractivity contribution >= 4 is 29.3 Å². The number of anilines is 1. The monoisotopic (exact) mass is 380 g/mol. The highest BCUT2D eigenvalue weighted by Crippen LogP contribution is 2.31. The molecule has 28 heavy (non-hydrogen) atoms. The van der Waals surface area contributed by atoms with Crippen LogP contribution in [0, 0.1) is 5.92 Å². The molecule has 0 saturated carbocycles. The quantitative estimate of drug-likeness (QED) is 0.678. The van der Waals surface area contributed by atoms with Crippen molar-refractivity contribution in [2.75, 3.05) is 12.4 Å². The molecule has 1 aliphatic rings. The number of ketones is 2. The lowest BCUT2D eigenvalue weighted by atomic mass is 9.83. The number of ether oxygens (including phenoxy) is 1. The second-order valence-corrected chi connectivity index (χ2v) is 6.78. The first-order valence-electron chi connectivity index (χ1n) is 8.82. The number of esters is 1. The average molecular weight is 380 g/mol. The van der Waals surface area contributed by atoms with Gasteiger partial charge in [0.1, 0.15) is 6.04 Å². The second kappa shape index (κ2) is 7.64. The van der Waals surface area contributed by atoms with Crippen LogP contribution in [0.3, 0.4) is 0 Å². The second-order valence-electron chi connectivity index (χ2n) is 6.78. The molecule has 1 aliphatic carbocycles. The molecule has 0 saturated heterocycles. The number of urea groups is 1. The zero-order chi connectivity index (χ0) is 20.4. The van der Waals surface area contributed by atoms with Crippen molar-refractivity contribution < 1.29 is 23.9 Å². The fourth-order valence-electron chi connectivity index (χ4n) is 3.17. The molecule has 1 atom stereocenters. The molecule has 0 heterocycles. The molecule has 1 unspecified atom stereocenters. The van der Waals surface area contributed by atoms with E-state index in [1.54, 1.807) is 56.3 Å². The van der Waals surface area contributed by atoms with Gasteiger partial charge in [0.15, 0.2) is 11.6 Å². The van der Waals surface area contributed by atoms with Gasteiger partial charge in [0.25, 0.3) is 0 Å². The third-order valence-electron chi connectivity index (χ3n) is 4.61. The Bertz CT molecular complexity index is 981. The van der Waals surface area contributed by atoms with Gasteiger partial charge >= 0.3 is 12.0 Å². The van der Waals surface area contributed by atoms with Crippen molar-refractivity contribution in [3.8, 4) is 0 Å². The van der Waals surface area contributed by atoms with Crippen molar-refractivity contribution in [3.05, 3.63) is 64.7 Å². The van der Waals surface area contributed by atoms with Crippen molar-refractivity contribution in [3.63, 3.8) is 0 Å². The van der Waals surface area contributed by atoms with Gasteiger partial charge in [-0.2, -0.15) is 0 Å². The van der Waals surface area contributed by atoms with Crippen LogP contribution in [0.25, 0.3) is 0 Å². The molecule has 0 fully saturated rings. The third-order valence-corrected chi connectivity index (χ3v) is 4.61. The highest BCUT2D eigenvalue weighted by Gasteiger charge is 2.32. The zero-order valence-corrected chi connectivity index (χ0v) is 15.7. The lowest BCUT2D eigenvalue weighted by Gasteiger charge is -2.22. The number of carbonyl (C=O) groups excluding carboxylic acids is 4. The van der Waals surface area contributed by atoms with Crippen molar-refractivity contribution in [2.24, 2.45) is 5.92 Å². The van der Waals surface area contributed by atoms with Crippen LogP contribution in [-0.4, -0.2) is 36.7 Å². The highest BCUT2D eigenvalue weighted by molar-refractivity contribution is 6.30. The van der Waals surface area contributed by atoms with E-state index in [0.29, 0.717) is 11.1 Å². The number of hydrogen-bond acceptors (Lipinski definition) is 5. The van der Waals surface area contributed by atoms with Crippen LogP contribution in [-0.2, 0) is 9.53 Å². The van der Waals surface area contributed by atoms with Gasteiger partial charge in [0.2, 0.25) is 0 Å². The van der Waals surface area contributed by atoms with Crippen LogP contribution < -0.4 is 10.6 Å². The number of nitrogens with one attached hydrogen (secondary N) is 2. The van der Waals surface area contributed by atoms with Crippen molar-refractivity contribution in [1.82, 2.24) is 5.32 Å². The van der Waals surface area contributed by atoms with E-state index in [4.69, 9.17) is 4.74 Å². The fourth-order valence-corrected chi connectivity index (χ4v) is 3.17. The summed E-state index contributed by atoms with van der Waals surface area (Å²) in [6.07, 6.45) is 0. The Morgan fingerprint density at radius 2 is 1.50 bits per heavy atom. The van der Waals surface area contributed by atoms with Crippen molar-refractivity contribution in [2.45, 2.75) is 19.9 Å². The van der Waals surface area contributed by atoms with Crippen LogP contribution in [0.5, 0.6) is 0 Å². The summed E-state index contributed by atoms with van der Waals surface area (Å²) in [5.41, 5.74) is 1.21. The molecule has 0 aromatic heterocycles. The van der Waals surface area contributed by atoms with E-state index in [0.717, 1.165) is 0 Å². The summed E-state index contributed by atoms with van der Waals surface area (Å²) in [6, 6.07) is 9.74. The zero-order valence-electron chi connectivity index (χ0n) is 15.7. The Morgan fingerprint density at radius 3 is 2.11 bits per heavy atom. The number of rotatable bonds is 4. The molecule has 0 spiro atoms. The molecule has 0 aliphatic heterocycles.